The van der Waals surface area contributed by atoms with E-state index in [1.165, 1.54) is 0 Å². The van der Waals surface area contributed by atoms with Crippen LogP contribution in [0.3, 0.4) is 0 Å². The Bertz CT molecular complexity index is 33.9. The molecule has 0 aliphatic carbocycles. The molecule has 0 saturated carbocycles. The molecule has 0 unspecified atom stereocenters. The summed E-state index contributed by atoms with van der Waals surface area (Å²) in [4.78, 5) is 9.60. The van der Waals surface area contributed by atoms with Gasteiger partial charge in [0.15, 0.2) is 0 Å². The second-order valence-corrected chi connectivity index (χ2v) is 9.26. The Morgan fingerprint density at radius 2 is 1.80 bits per heavy atom. The molecule has 28 valence electrons. The molecule has 0 aliphatic rings. The van der Waals surface area contributed by atoms with E-state index in [1.54, 1.807) is 0 Å². The molecule has 5 heavy (non-hydrogen) atoms. The van der Waals surface area contributed by atoms with E-state index >= 15 is 0 Å². The van der Waals surface area contributed by atoms with Gasteiger partial charge in [0.2, 0.25) is 0 Å². The average molecular weight is 174 g/mol. The van der Waals surface area contributed by atoms with Crippen molar-refractivity contribution in [1.82, 2.24) is 0 Å². The molecule has 1 nitrogen and oxygen atoms in total. The molecule has 0 rings (SSSR count). The van der Waals surface area contributed by atoms with Crippen LogP contribution < -0.4 is 0 Å². The molecule has 0 N–H and O–H groups in total. The van der Waals surface area contributed by atoms with Gasteiger partial charge in [0.05, 0.1) is 0 Å². The summed E-state index contributed by atoms with van der Waals surface area (Å²) < 4.78 is 5.26. The first-order valence-corrected chi connectivity index (χ1v) is 10.2. The first-order chi connectivity index (χ1) is 2.27. The van der Waals surface area contributed by atoms with Gasteiger partial charge >= 0.3 is 39.6 Å². The van der Waals surface area contributed by atoms with E-state index < -0.39 is 21.4 Å². The Balaban J connectivity index is 2.83. The van der Waals surface area contributed by atoms with Gasteiger partial charge in [-0.05, 0) is 0 Å². The molecule has 0 bridgehead atoms. The van der Waals surface area contributed by atoms with Crippen molar-refractivity contribution in [2.75, 3.05) is 0 Å². The van der Waals surface area contributed by atoms with Gasteiger partial charge in [-0.1, -0.05) is 0 Å². The third kappa shape index (κ3) is 4.54. The molecule has 0 aromatic carbocycles. The molecular formula is C3H7InO. The summed E-state index contributed by atoms with van der Waals surface area (Å²) >= 11 is -1.36. The maximum atomic E-state index is 9.60. The second-order valence-electron chi connectivity index (χ2n) is 1.38. The van der Waals surface area contributed by atoms with Crippen molar-refractivity contribution in [3.8, 4) is 0 Å². The van der Waals surface area contributed by atoms with E-state index in [1.807, 2.05) is 0 Å². The molecule has 2 heteroatoms. The van der Waals surface area contributed by atoms with Crippen molar-refractivity contribution in [3.63, 3.8) is 0 Å². The Labute approximate surface area is 39.9 Å². The summed E-state index contributed by atoms with van der Waals surface area (Å²) in [7, 11) is 0. The van der Waals surface area contributed by atoms with Crippen LogP contribution in [0.1, 0.15) is 0 Å². The zero-order valence-electron chi connectivity index (χ0n) is 3.56. The summed E-state index contributed by atoms with van der Waals surface area (Å²) in [6.07, 6.45) is 0. The molecule has 0 heterocycles. The fourth-order valence-corrected chi connectivity index (χ4v) is 0. The summed E-state index contributed by atoms with van der Waals surface area (Å²) in [6, 6.07) is 0. The SMILES string of the molecule is [CH3][In]([CH3])[CH]=O. The van der Waals surface area contributed by atoms with Gasteiger partial charge in [-0.25, -0.2) is 0 Å². The van der Waals surface area contributed by atoms with Crippen LogP contribution in [-0.2, 0) is 4.79 Å². The number of hydrogen-bond donors (Lipinski definition) is 0. The van der Waals surface area contributed by atoms with Crippen LogP contribution in [-0.4, -0.2) is 25.5 Å². The van der Waals surface area contributed by atoms with Gasteiger partial charge in [-0.3, -0.25) is 0 Å². The predicted octanol–water partition coefficient (Wildman–Crippen LogP) is 0.513. The second kappa shape index (κ2) is 2.76. The van der Waals surface area contributed by atoms with Crippen LogP contribution in [0.5, 0.6) is 0 Å². The van der Waals surface area contributed by atoms with Crippen LogP contribution in [0.15, 0.2) is 0 Å². The number of carbonyl (C=O) groups is 1. The molecular weight excluding hydrogens is 167 g/mol. The van der Waals surface area contributed by atoms with Gasteiger partial charge in [0.25, 0.3) is 0 Å². The van der Waals surface area contributed by atoms with Crippen molar-refractivity contribution in [2.24, 2.45) is 0 Å². The number of rotatable bonds is 1. The van der Waals surface area contributed by atoms with E-state index in [0.29, 0.717) is 0 Å². The minimum absolute atomic E-state index is 1.13. The molecule has 0 aliphatic heterocycles. The summed E-state index contributed by atoms with van der Waals surface area (Å²) in [5.74, 6) is 0. The Morgan fingerprint density at radius 3 is 1.80 bits per heavy atom. The van der Waals surface area contributed by atoms with Gasteiger partial charge in [-0.15, -0.1) is 0 Å². The third-order valence-electron chi connectivity index (χ3n) is 0.272. The van der Waals surface area contributed by atoms with E-state index in [-0.39, 0.29) is 0 Å². The van der Waals surface area contributed by atoms with E-state index in [4.69, 9.17) is 0 Å². The first-order valence-electron chi connectivity index (χ1n) is 1.72. The zero-order valence-corrected chi connectivity index (χ0v) is 6.86. The molecule has 0 radical (unpaired) electrons. The first kappa shape index (κ1) is 5.54. The minimum atomic E-state index is -1.36. The van der Waals surface area contributed by atoms with Gasteiger partial charge in [0, 0.05) is 0 Å². The van der Waals surface area contributed by atoms with Crippen LogP contribution in [0.2, 0.25) is 9.36 Å². The molecule has 0 atom stereocenters. The summed E-state index contributed by atoms with van der Waals surface area (Å²) in [6.45, 7) is 0. The molecule has 0 spiro atoms. The van der Waals surface area contributed by atoms with Crippen molar-refractivity contribution < 1.29 is 4.79 Å². The topological polar surface area (TPSA) is 17.1 Å². The zero-order chi connectivity index (χ0) is 4.28. The summed E-state index contributed by atoms with van der Waals surface area (Å²) in [5, 5.41) is 0. The molecule has 0 amide bonds. The van der Waals surface area contributed by atoms with Crippen LogP contribution in [0.25, 0.3) is 0 Å². The Kier molecular flexibility index (Phi) is 3.06. The summed E-state index contributed by atoms with van der Waals surface area (Å²) in [5.41, 5.74) is 0. The molecule has 0 aromatic heterocycles. The average Bonchev–Trinajstić information content (AvgIpc) is 1.38. The fraction of sp³-hybridized carbons (Fsp3) is 0.667. The quantitative estimate of drug-likeness (QED) is 0.529. The maximum absolute atomic E-state index is 9.60. The number of hydrogen-bond acceptors (Lipinski definition) is 1. The van der Waals surface area contributed by atoms with Crippen LogP contribution in [0, 0.1) is 0 Å². The van der Waals surface area contributed by atoms with Gasteiger partial charge in [0.1, 0.15) is 0 Å². The Hall–Kier alpha value is 0.540. The van der Waals surface area contributed by atoms with Gasteiger partial charge < -0.3 is 0 Å². The van der Waals surface area contributed by atoms with E-state index in [0.717, 1.165) is 4.04 Å². The third-order valence-corrected chi connectivity index (χ3v) is 1.83. The standard InChI is InChI=1S/CHO.2CH3.In/c1-2;;;/h1H;2*1H3;. The van der Waals surface area contributed by atoms with Crippen molar-refractivity contribution in [3.05, 3.63) is 0 Å². The monoisotopic (exact) mass is 174 g/mol. The predicted molar refractivity (Wildman–Crippen MR) is 24.2 cm³/mol. The van der Waals surface area contributed by atoms with E-state index in [2.05, 4.69) is 9.36 Å². The van der Waals surface area contributed by atoms with Crippen molar-refractivity contribution >= 4 is 25.5 Å². The normalized spacial score (nSPS) is 6.80. The fourth-order valence-electron chi connectivity index (χ4n) is 0. The van der Waals surface area contributed by atoms with Crippen molar-refractivity contribution in [2.45, 2.75) is 9.36 Å². The van der Waals surface area contributed by atoms with Gasteiger partial charge in [-0.2, -0.15) is 0 Å². The molecule has 0 aromatic rings. The van der Waals surface area contributed by atoms with Crippen molar-refractivity contribution in [1.29, 1.82) is 0 Å². The molecule has 0 fully saturated rings. The van der Waals surface area contributed by atoms with E-state index in [9.17, 15) is 4.79 Å². The van der Waals surface area contributed by atoms with Crippen LogP contribution in [0.4, 0.5) is 0 Å². The van der Waals surface area contributed by atoms with Crippen LogP contribution >= 0.6 is 0 Å². The Morgan fingerprint density at radius 1 is 1.60 bits per heavy atom. The number of carbonyl (C=O) groups excluding carboxylic acids is 1. The molecule has 0 saturated heterocycles.